The van der Waals surface area contributed by atoms with E-state index < -0.39 is 18.1 Å². The highest BCUT2D eigenvalue weighted by Crippen LogP contribution is 2.20. The van der Waals surface area contributed by atoms with Gasteiger partial charge in [-0.25, -0.2) is 4.79 Å². The first kappa shape index (κ1) is 27.0. The van der Waals surface area contributed by atoms with Gasteiger partial charge in [0.25, 0.3) is 0 Å². The molecule has 0 radical (unpaired) electrons. The average Bonchev–Trinajstić information content (AvgIpc) is 2.75. The lowest BCUT2D eigenvalue weighted by atomic mass is 10.0. The highest BCUT2D eigenvalue weighted by molar-refractivity contribution is 5.84. The van der Waals surface area contributed by atoms with Crippen molar-refractivity contribution < 1.29 is 24.9 Å². The molecule has 0 aromatic heterocycles. The van der Waals surface area contributed by atoms with Gasteiger partial charge in [0.15, 0.2) is 6.04 Å². The number of benzene rings is 1. The Morgan fingerprint density at radius 1 is 0.806 bits per heavy atom. The Kier molecular flexibility index (Phi) is 14.4. The molecule has 0 saturated carbocycles. The minimum atomic E-state index is -1.42. The molecular weight excluding hydrogens is 394 g/mol. The Morgan fingerprint density at radius 2 is 1.26 bits per heavy atom. The van der Waals surface area contributed by atoms with Gasteiger partial charge in [0.05, 0.1) is 0 Å². The van der Waals surface area contributed by atoms with Crippen molar-refractivity contribution in [3.63, 3.8) is 0 Å². The number of aliphatic carboxylic acids is 1. The molecule has 0 aliphatic rings. The number of phenolic OH excluding ortho intramolecular Hbond substituents is 1. The van der Waals surface area contributed by atoms with Crippen molar-refractivity contribution in [2.75, 3.05) is 0 Å². The largest absolute Gasteiger partial charge is 0.508 e. The minimum absolute atomic E-state index is 0.0225. The number of carboxylic acids is 1. The van der Waals surface area contributed by atoms with Crippen LogP contribution in [-0.2, 0) is 9.59 Å². The molecule has 1 amide bonds. The van der Waals surface area contributed by atoms with Crippen molar-refractivity contribution in [1.29, 1.82) is 0 Å². The van der Waals surface area contributed by atoms with Crippen LogP contribution in [0.25, 0.3) is 0 Å². The van der Waals surface area contributed by atoms with Crippen molar-refractivity contribution in [2.45, 2.75) is 109 Å². The van der Waals surface area contributed by atoms with E-state index in [1.54, 1.807) is 0 Å². The Morgan fingerprint density at radius 3 is 1.71 bits per heavy atom. The third kappa shape index (κ3) is 12.4. The number of aliphatic hydroxyl groups excluding tert-OH is 1. The topological polar surface area (TPSA) is 107 Å². The first-order chi connectivity index (χ1) is 15.0. The molecule has 31 heavy (non-hydrogen) atoms. The molecule has 0 aliphatic carbocycles. The average molecular weight is 436 g/mol. The predicted octanol–water partition coefficient (Wildman–Crippen LogP) is 5.48. The SMILES string of the molecule is CCCCCCCCCCCCCCCC(=O)N[C@H](C(=O)O)C(O)c1ccc(O)cc1. The smallest absolute Gasteiger partial charge is 0.329 e. The first-order valence-corrected chi connectivity index (χ1v) is 11.9. The third-order valence-electron chi connectivity index (χ3n) is 5.64. The summed E-state index contributed by atoms with van der Waals surface area (Å²) in [6, 6.07) is 4.20. The molecule has 0 aliphatic heterocycles. The van der Waals surface area contributed by atoms with Crippen molar-refractivity contribution in [2.24, 2.45) is 0 Å². The fourth-order valence-corrected chi connectivity index (χ4v) is 3.69. The second kappa shape index (κ2) is 16.6. The zero-order valence-corrected chi connectivity index (χ0v) is 19.0. The zero-order valence-electron chi connectivity index (χ0n) is 19.0. The first-order valence-electron chi connectivity index (χ1n) is 11.9. The Labute approximate surface area is 187 Å². The molecule has 0 saturated heterocycles. The number of rotatable bonds is 18. The maximum absolute atomic E-state index is 12.1. The zero-order chi connectivity index (χ0) is 22.9. The van der Waals surface area contributed by atoms with Gasteiger partial charge in [-0.1, -0.05) is 96.1 Å². The van der Waals surface area contributed by atoms with Crippen LogP contribution in [0.1, 0.15) is 108 Å². The normalized spacial score (nSPS) is 13.0. The summed E-state index contributed by atoms with van der Waals surface area (Å²) in [5.74, 6) is -1.64. The van der Waals surface area contributed by atoms with Gasteiger partial charge in [0.2, 0.25) is 5.91 Å². The summed E-state index contributed by atoms with van der Waals surface area (Å²) in [6.45, 7) is 2.24. The molecule has 2 atom stereocenters. The number of aromatic hydroxyl groups is 1. The molecule has 0 heterocycles. The lowest BCUT2D eigenvalue weighted by Gasteiger charge is -2.21. The summed E-state index contributed by atoms with van der Waals surface area (Å²) in [4.78, 5) is 23.6. The number of carbonyl (C=O) groups is 2. The summed E-state index contributed by atoms with van der Waals surface area (Å²) in [5.41, 5.74) is 0.325. The number of hydrogen-bond acceptors (Lipinski definition) is 4. The second-order valence-corrected chi connectivity index (χ2v) is 8.41. The fraction of sp³-hybridized carbons (Fsp3) is 0.680. The van der Waals surface area contributed by atoms with Gasteiger partial charge >= 0.3 is 5.97 Å². The van der Waals surface area contributed by atoms with Crippen LogP contribution in [0.2, 0.25) is 0 Å². The standard InChI is InChI=1S/C25H41NO5/c1-2-3-4-5-6-7-8-9-10-11-12-13-14-15-22(28)26-23(25(30)31)24(29)20-16-18-21(27)19-17-20/h16-19,23-24,27,29H,2-15H2,1H3,(H,26,28)(H,30,31)/t23-,24?/m0/s1. The van der Waals surface area contributed by atoms with E-state index in [1.807, 2.05) is 0 Å². The molecular formula is C25H41NO5. The van der Waals surface area contributed by atoms with Crippen molar-refractivity contribution in [1.82, 2.24) is 5.32 Å². The molecule has 0 spiro atoms. The summed E-state index contributed by atoms with van der Waals surface area (Å²) in [5, 5.41) is 31.4. The number of unbranched alkanes of at least 4 members (excludes halogenated alkanes) is 12. The molecule has 0 fully saturated rings. The van der Waals surface area contributed by atoms with Gasteiger partial charge in [-0.05, 0) is 24.1 Å². The summed E-state index contributed by atoms with van der Waals surface area (Å²) in [7, 11) is 0. The van der Waals surface area contributed by atoms with E-state index in [-0.39, 0.29) is 18.1 Å². The van der Waals surface area contributed by atoms with Gasteiger partial charge in [-0.15, -0.1) is 0 Å². The maximum Gasteiger partial charge on any atom is 0.329 e. The van der Waals surface area contributed by atoms with Crippen LogP contribution in [0.4, 0.5) is 0 Å². The molecule has 1 aromatic rings. The Balaban J connectivity index is 2.13. The number of aliphatic hydroxyl groups is 1. The summed E-state index contributed by atoms with van der Waals surface area (Å²) >= 11 is 0. The van der Waals surface area contributed by atoms with Crippen LogP contribution >= 0.6 is 0 Å². The van der Waals surface area contributed by atoms with Crippen LogP contribution in [0.3, 0.4) is 0 Å². The van der Waals surface area contributed by atoms with E-state index in [0.717, 1.165) is 12.8 Å². The second-order valence-electron chi connectivity index (χ2n) is 8.41. The van der Waals surface area contributed by atoms with E-state index in [1.165, 1.54) is 88.5 Å². The lowest BCUT2D eigenvalue weighted by Crippen LogP contribution is -2.44. The lowest BCUT2D eigenvalue weighted by molar-refractivity contribution is -0.145. The van der Waals surface area contributed by atoms with Gasteiger partial charge in [-0.2, -0.15) is 0 Å². The number of nitrogens with one attached hydrogen (secondary N) is 1. The van der Waals surface area contributed by atoms with E-state index in [9.17, 15) is 24.9 Å². The quantitative estimate of drug-likeness (QED) is 0.229. The van der Waals surface area contributed by atoms with Crippen LogP contribution in [0, 0.1) is 0 Å². The van der Waals surface area contributed by atoms with Crippen molar-refractivity contribution >= 4 is 11.9 Å². The fourth-order valence-electron chi connectivity index (χ4n) is 3.69. The van der Waals surface area contributed by atoms with E-state index in [2.05, 4.69) is 12.2 Å². The number of carboxylic acid groups (broad SMARTS) is 1. The highest BCUT2D eigenvalue weighted by atomic mass is 16.4. The van der Waals surface area contributed by atoms with Gasteiger partial charge in [-0.3, -0.25) is 4.79 Å². The minimum Gasteiger partial charge on any atom is -0.508 e. The number of hydrogen-bond donors (Lipinski definition) is 4. The molecule has 1 rings (SSSR count). The van der Waals surface area contributed by atoms with Crippen LogP contribution in [-0.4, -0.2) is 33.2 Å². The Bertz CT molecular complexity index is 617. The maximum atomic E-state index is 12.1. The van der Waals surface area contributed by atoms with Crippen LogP contribution < -0.4 is 5.32 Å². The van der Waals surface area contributed by atoms with Gasteiger partial charge < -0.3 is 20.6 Å². The Hall–Kier alpha value is -2.08. The van der Waals surface area contributed by atoms with Crippen molar-refractivity contribution in [3.8, 4) is 5.75 Å². The number of phenols is 1. The van der Waals surface area contributed by atoms with Crippen LogP contribution in [0.15, 0.2) is 24.3 Å². The van der Waals surface area contributed by atoms with E-state index >= 15 is 0 Å². The van der Waals surface area contributed by atoms with E-state index in [4.69, 9.17) is 0 Å². The van der Waals surface area contributed by atoms with Gasteiger partial charge in [0, 0.05) is 6.42 Å². The molecule has 1 unspecified atom stereocenters. The molecule has 0 bridgehead atoms. The monoisotopic (exact) mass is 435 g/mol. The highest BCUT2D eigenvalue weighted by Gasteiger charge is 2.29. The number of amides is 1. The molecule has 176 valence electrons. The van der Waals surface area contributed by atoms with Crippen molar-refractivity contribution in [3.05, 3.63) is 29.8 Å². The van der Waals surface area contributed by atoms with Crippen LogP contribution in [0.5, 0.6) is 5.75 Å². The molecule has 6 heteroatoms. The van der Waals surface area contributed by atoms with E-state index in [0.29, 0.717) is 12.0 Å². The predicted molar refractivity (Wildman–Crippen MR) is 123 cm³/mol. The molecule has 6 nitrogen and oxygen atoms in total. The molecule has 1 aromatic carbocycles. The van der Waals surface area contributed by atoms with Gasteiger partial charge in [0.1, 0.15) is 11.9 Å². The number of carbonyl (C=O) groups excluding carboxylic acids is 1. The molecule has 4 N–H and O–H groups in total. The summed E-state index contributed by atoms with van der Waals surface area (Å²) in [6.07, 6.45) is 14.7. The summed E-state index contributed by atoms with van der Waals surface area (Å²) < 4.78 is 0. The third-order valence-corrected chi connectivity index (χ3v) is 5.64.